The number of aromatic nitrogens is 4. The van der Waals surface area contributed by atoms with Gasteiger partial charge in [-0.3, -0.25) is 14.6 Å². The maximum Gasteiger partial charge on any atom is 0.261 e. The summed E-state index contributed by atoms with van der Waals surface area (Å²) in [5.41, 5.74) is 2.97. The van der Waals surface area contributed by atoms with Gasteiger partial charge in [0.05, 0.1) is 27.2 Å². The minimum Gasteiger partial charge on any atom is -0.349 e. The molecule has 182 valence electrons. The number of rotatable bonds is 7. The number of nitrogens with zero attached hydrogens (tertiary/aromatic N) is 3. The molecule has 0 aliphatic heterocycles. The summed E-state index contributed by atoms with van der Waals surface area (Å²) in [7, 11) is 0. The van der Waals surface area contributed by atoms with Crippen molar-refractivity contribution in [3.05, 3.63) is 65.1 Å². The Bertz CT molecular complexity index is 1340. The first-order valence-corrected chi connectivity index (χ1v) is 12.4. The number of pyridine rings is 1. The molecule has 0 aliphatic rings. The van der Waals surface area contributed by atoms with Crippen molar-refractivity contribution >= 4 is 34.3 Å². The fourth-order valence-electron chi connectivity index (χ4n) is 3.45. The molecular formula is C26H30N6O2S. The average Bonchev–Trinajstić information content (AvgIpc) is 3.46. The van der Waals surface area contributed by atoms with Crippen LogP contribution in [0.3, 0.4) is 0 Å². The molecule has 0 radical (unpaired) electrons. The largest absolute Gasteiger partial charge is 0.349 e. The van der Waals surface area contributed by atoms with E-state index in [0.717, 1.165) is 10.6 Å². The van der Waals surface area contributed by atoms with Crippen LogP contribution in [0.1, 0.15) is 60.3 Å². The van der Waals surface area contributed by atoms with Gasteiger partial charge >= 0.3 is 0 Å². The molecule has 4 heterocycles. The third-order valence-electron chi connectivity index (χ3n) is 5.97. The summed E-state index contributed by atoms with van der Waals surface area (Å²) in [5.74, 6) is -0.338. The number of fused-ring (bicyclic) bond motifs is 1. The fourth-order valence-corrected chi connectivity index (χ4v) is 4.31. The van der Waals surface area contributed by atoms with Crippen LogP contribution in [0.25, 0.3) is 21.7 Å². The number of aromatic amines is 1. The van der Waals surface area contributed by atoms with Crippen molar-refractivity contribution in [3.63, 3.8) is 0 Å². The molecule has 3 N–H and O–H groups in total. The van der Waals surface area contributed by atoms with E-state index in [0.29, 0.717) is 33.7 Å². The van der Waals surface area contributed by atoms with Crippen LogP contribution in [-0.4, -0.2) is 43.8 Å². The van der Waals surface area contributed by atoms with Gasteiger partial charge in [0.1, 0.15) is 5.52 Å². The summed E-state index contributed by atoms with van der Waals surface area (Å²) in [6.45, 7) is 10.2. The zero-order chi connectivity index (χ0) is 25.2. The highest BCUT2D eigenvalue weighted by atomic mass is 32.1. The lowest BCUT2D eigenvalue weighted by molar-refractivity contribution is 0.0909. The van der Waals surface area contributed by atoms with Crippen LogP contribution < -0.4 is 10.6 Å². The average molecular weight is 491 g/mol. The Hall–Kier alpha value is -3.59. The standard InChI is InChI=1S/C26H30N6O2S/c1-15(12-17-8-6-7-11-27-17)30-25(34)21-10-9-20(35-21)19-14-29-23-22(32-19)18(13-28-23)24(33)31-16(2)26(3,4)5/h6-11,13-16H,12H2,1-5H3,(H,28,29)(H,30,34)(H,31,33)/t15?,16-/m0/s1. The highest BCUT2D eigenvalue weighted by molar-refractivity contribution is 7.17. The number of nitrogens with one attached hydrogen (secondary N) is 3. The second kappa shape index (κ2) is 9.95. The highest BCUT2D eigenvalue weighted by Gasteiger charge is 2.24. The third-order valence-corrected chi connectivity index (χ3v) is 7.08. The molecule has 4 aromatic rings. The van der Waals surface area contributed by atoms with Gasteiger partial charge in [0, 0.05) is 36.6 Å². The fraction of sp³-hybridized carbons (Fsp3) is 0.346. The third kappa shape index (κ3) is 5.74. The normalized spacial score (nSPS) is 13.4. The van der Waals surface area contributed by atoms with Crippen LogP contribution in [-0.2, 0) is 6.42 Å². The molecule has 0 saturated carbocycles. The Balaban J connectivity index is 1.49. The van der Waals surface area contributed by atoms with Gasteiger partial charge in [-0.25, -0.2) is 9.97 Å². The quantitative estimate of drug-likeness (QED) is 0.350. The number of hydrogen-bond donors (Lipinski definition) is 3. The molecule has 2 atom stereocenters. The SMILES string of the molecule is CC(Cc1ccccn1)NC(=O)c1ccc(-c2cnc3[nH]cc(C(=O)N[C@@H](C)C(C)(C)C)c3n2)s1. The molecule has 8 nitrogen and oxygen atoms in total. The molecule has 4 aromatic heterocycles. The molecule has 0 saturated heterocycles. The summed E-state index contributed by atoms with van der Waals surface area (Å²) in [5, 5.41) is 6.07. The minimum absolute atomic E-state index is 0.0190. The first kappa shape index (κ1) is 24.5. The Morgan fingerprint density at radius 3 is 2.57 bits per heavy atom. The van der Waals surface area contributed by atoms with E-state index in [1.165, 1.54) is 11.3 Å². The van der Waals surface area contributed by atoms with Crippen molar-refractivity contribution in [2.75, 3.05) is 0 Å². The first-order chi connectivity index (χ1) is 16.6. The second-order valence-corrected chi connectivity index (χ2v) is 10.9. The van der Waals surface area contributed by atoms with Crippen LogP contribution >= 0.6 is 11.3 Å². The lowest BCUT2D eigenvalue weighted by Gasteiger charge is -2.27. The lowest BCUT2D eigenvalue weighted by Crippen LogP contribution is -2.41. The molecule has 0 fully saturated rings. The summed E-state index contributed by atoms with van der Waals surface area (Å²) >= 11 is 1.34. The summed E-state index contributed by atoms with van der Waals surface area (Å²) in [4.78, 5) is 43.5. The lowest BCUT2D eigenvalue weighted by atomic mass is 9.88. The molecule has 2 amide bonds. The predicted octanol–water partition coefficient (Wildman–Crippen LogP) is 4.61. The predicted molar refractivity (Wildman–Crippen MR) is 138 cm³/mol. The molecule has 0 bridgehead atoms. The van der Waals surface area contributed by atoms with Crippen molar-refractivity contribution in [3.8, 4) is 10.6 Å². The molecule has 0 aliphatic carbocycles. The van der Waals surface area contributed by atoms with Crippen molar-refractivity contribution in [2.45, 2.75) is 53.1 Å². The topological polar surface area (TPSA) is 113 Å². The van der Waals surface area contributed by atoms with E-state index in [1.54, 1.807) is 24.7 Å². The van der Waals surface area contributed by atoms with Crippen molar-refractivity contribution in [1.82, 2.24) is 30.6 Å². The molecule has 9 heteroatoms. The Morgan fingerprint density at radius 2 is 1.86 bits per heavy atom. The van der Waals surface area contributed by atoms with E-state index in [9.17, 15) is 9.59 Å². The van der Waals surface area contributed by atoms with Crippen molar-refractivity contribution in [1.29, 1.82) is 0 Å². The Labute approximate surface area is 208 Å². The summed E-state index contributed by atoms with van der Waals surface area (Å²) < 4.78 is 0. The Kier molecular flexibility index (Phi) is 6.98. The number of amides is 2. The van der Waals surface area contributed by atoms with Crippen LogP contribution in [0.5, 0.6) is 0 Å². The van der Waals surface area contributed by atoms with E-state index in [4.69, 9.17) is 4.98 Å². The summed E-state index contributed by atoms with van der Waals surface area (Å²) in [6, 6.07) is 9.31. The van der Waals surface area contributed by atoms with Crippen LogP contribution in [0, 0.1) is 5.41 Å². The highest BCUT2D eigenvalue weighted by Crippen LogP contribution is 2.28. The first-order valence-electron chi connectivity index (χ1n) is 11.6. The molecule has 1 unspecified atom stereocenters. The van der Waals surface area contributed by atoms with Gasteiger partial charge in [0.15, 0.2) is 5.65 Å². The van der Waals surface area contributed by atoms with Crippen molar-refractivity contribution < 1.29 is 9.59 Å². The van der Waals surface area contributed by atoms with Crippen LogP contribution in [0.4, 0.5) is 0 Å². The van der Waals surface area contributed by atoms with E-state index in [-0.39, 0.29) is 29.3 Å². The van der Waals surface area contributed by atoms with E-state index < -0.39 is 0 Å². The number of carbonyl (C=O) groups is 2. The maximum atomic E-state index is 12.9. The number of H-pyrrole nitrogens is 1. The molecule has 35 heavy (non-hydrogen) atoms. The zero-order valence-corrected chi connectivity index (χ0v) is 21.4. The number of hydrogen-bond acceptors (Lipinski definition) is 6. The molecule has 0 spiro atoms. The number of thiophene rings is 1. The second-order valence-electron chi connectivity index (χ2n) is 9.78. The maximum absolute atomic E-state index is 12.9. The smallest absolute Gasteiger partial charge is 0.261 e. The van der Waals surface area contributed by atoms with Gasteiger partial charge in [-0.2, -0.15) is 0 Å². The van der Waals surface area contributed by atoms with Crippen LogP contribution in [0.15, 0.2) is 48.9 Å². The van der Waals surface area contributed by atoms with E-state index in [1.807, 2.05) is 38.1 Å². The van der Waals surface area contributed by atoms with E-state index in [2.05, 4.69) is 46.4 Å². The number of carbonyl (C=O) groups excluding carboxylic acids is 2. The van der Waals surface area contributed by atoms with Crippen molar-refractivity contribution in [2.24, 2.45) is 5.41 Å². The molecule has 4 rings (SSSR count). The summed E-state index contributed by atoms with van der Waals surface area (Å²) in [6.07, 6.45) is 5.68. The Morgan fingerprint density at radius 1 is 1.06 bits per heavy atom. The van der Waals surface area contributed by atoms with Gasteiger partial charge in [0.25, 0.3) is 11.8 Å². The van der Waals surface area contributed by atoms with Gasteiger partial charge in [-0.05, 0) is 43.5 Å². The monoisotopic (exact) mass is 490 g/mol. The molecular weight excluding hydrogens is 460 g/mol. The van der Waals surface area contributed by atoms with Gasteiger partial charge in [0.2, 0.25) is 0 Å². The van der Waals surface area contributed by atoms with Gasteiger partial charge < -0.3 is 15.6 Å². The van der Waals surface area contributed by atoms with Crippen LogP contribution in [0.2, 0.25) is 0 Å². The zero-order valence-electron chi connectivity index (χ0n) is 20.5. The van der Waals surface area contributed by atoms with Gasteiger partial charge in [-0.1, -0.05) is 26.8 Å². The molecule has 0 aromatic carbocycles. The van der Waals surface area contributed by atoms with Gasteiger partial charge in [-0.15, -0.1) is 11.3 Å². The van der Waals surface area contributed by atoms with E-state index >= 15 is 0 Å². The minimum atomic E-state index is -0.196.